The number of anilines is 1. The summed E-state index contributed by atoms with van der Waals surface area (Å²) in [6.07, 6.45) is 3.18. The maximum atomic E-state index is 14.0. The van der Waals surface area contributed by atoms with Gasteiger partial charge in [0.25, 0.3) is 5.91 Å². The molecule has 2 aromatic heterocycles. The molecule has 0 saturated carbocycles. The van der Waals surface area contributed by atoms with Crippen molar-refractivity contribution in [3.05, 3.63) is 89.5 Å². The van der Waals surface area contributed by atoms with Crippen LogP contribution in [0.15, 0.2) is 67.0 Å². The Morgan fingerprint density at radius 2 is 1.71 bits per heavy atom. The van der Waals surface area contributed by atoms with Gasteiger partial charge < -0.3 is 5.32 Å². The van der Waals surface area contributed by atoms with Crippen molar-refractivity contribution in [3.8, 4) is 11.4 Å². The van der Waals surface area contributed by atoms with Gasteiger partial charge in [-0.05, 0) is 99.0 Å². The van der Waals surface area contributed by atoms with Crippen molar-refractivity contribution in [1.82, 2.24) is 30.5 Å². The summed E-state index contributed by atoms with van der Waals surface area (Å²) in [6.45, 7) is 9.20. The molecule has 0 radical (unpaired) electrons. The van der Waals surface area contributed by atoms with Crippen molar-refractivity contribution < 1.29 is 14.0 Å². The molecule has 38 heavy (non-hydrogen) atoms. The Morgan fingerprint density at radius 1 is 1.03 bits per heavy atom. The number of carbonyl (C=O) groups is 2. The van der Waals surface area contributed by atoms with Crippen molar-refractivity contribution in [1.29, 1.82) is 0 Å². The Labute approximate surface area is 220 Å². The third-order valence-electron chi connectivity index (χ3n) is 5.75. The van der Waals surface area contributed by atoms with Crippen molar-refractivity contribution in [2.24, 2.45) is 0 Å². The molecule has 0 aliphatic rings. The first-order valence-corrected chi connectivity index (χ1v) is 12.2. The highest BCUT2D eigenvalue weighted by Gasteiger charge is 2.35. The van der Waals surface area contributed by atoms with E-state index in [0.717, 1.165) is 11.1 Å². The van der Waals surface area contributed by atoms with Crippen LogP contribution in [-0.2, 0) is 16.1 Å². The van der Waals surface area contributed by atoms with Crippen LogP contribution in [0.5, 0.6) is 0 Å². The normalized spacial score (nSPS) is 12.2. The molecule has 1 atom stereocenters. The fraction of sp³-hybridized carbons (Fsp3) is 0.286. The monoisotopic (exact) mass is 515 g/mol. The molecule has 0 spiro atoms. The number of amides is 2. The lowest BCUT2D eigenvalue weighted by atomic mass is 10.00. The van der Waals surface area contributed by atoms with Crippen LogP contribution in [0.1, 0.15) is 43.5 Å². The molecule has 0 saturated heterocycles. The van der Waals surface area contributed by atoms with Gasteiger partial charge in [-0.2, -0.15) is 4.80 Å². The number of carbonyl (C=O) groups excluding carboxylic acids is 2. The molecule has 4 rings (SSSR count). The molecule has 10 heteroatoms. The SMILES string of the molecule is Cc1ccc(C)c(N(C(=O)Cn2nnc(-c3ccc(F)cc3)n2)C(C(=O)NC(C)(C)C)c2ccncc2)c1. The van der Waals surface area contributed by atoms with Crippen molar-refractivity contribution >= 4 is 17.5 Å². The Balaban J connectivity index is 1.76. The van der Waals surface area contributed by atoms with Gasteiger partial charge in [0.05, 0.1) is 0 Å². The first-order valence-electron chi connectivity index (χ1n) is 12.2. The zero-order chi connectivity index (χ0) is 27.4. The molecule has 1 unspecified atom stereocenters. The Hall–Kier alpha value is -4.47. The van der Waals surface area contributed by atoms with Gasteiger partial charge in [0, 0.05) is 29.2 Å². The lowest BCUT2D eigenvalue weighted by Crippen LogP contribution is -2.50. The molecule has 9 nitrogen and oxygen atoms in total. The van der Waals surface area contributed by atoms with Crippen LogP contribution in [0.25, 0.3) is 11.4 Å². The summed E-state index contributed by atoms with van der Waals surface area (Å²) in [5.74, 6) is -0.868. The molecule has 2 heterocycles. The first kappa shape index (κ1) is 26.6. The van der Waals surface area contributed by atoms with Crippen LogP contribution in [0.2, 0.25) is 0 Å². The minimum absolute atomic E-state index is 0.257. The van der Waals surface area contributed by atoms with Crippen LogP contribution in [0.4, 0.5) is 10.1 Å². The second-order valence-corrected chi connectivity index (χ2v) is 10.1. The van der Waals surface area contributed by atoms with Gasteiger partial charge in [0.15, 0.2) is 0 Å². The van der Waals surface area contributed by atoms with E-state index in [-0.39, 0.29) is 24.1 Å². The first-order chi connectivity index (χ1) is 18.0. The highest BCUT2D eigenvalue weighted by molar-refractivity contribution is 6.02. The zero-order valence-corrected chi connectivity index (χ0v) is 22.0. The Morgan fingerprint density at radius 3 is 2.37 bits per heavy atom. The number of hydrogen-bond acceptors (Lipinski definition) is 6. The third kappa shape index (κ3) is 6.26. The van der Waals surface area contributed by atoms with E-state index in [2.05, 4.69) is 25.7 Å². The standard InChI is InChI=1S/C28H30FN7O2/c1-18-6-7-19(2)23(16-18)36(25(20-12-14-30-15-13-20)27(38)31-28(3,4)5)24(37)17-35-33-26(32-34-35)21-8-10-22(29)11-9-21/h6-16,25H,17H2,1-5H3,(H,31,38). The van der Waals surface area contributed by atoms with Crippen LogP contribution >= 0.6 is 0 Å². The molecular formula is C28H30FN7O2. The van der Waals surface area contributed by atoms with Gasteiger partial charge in [-0.1, -0.05) is 12.1 Å². The van der Waals surface area contributed by atoms with Gasteiger partial charge in [0.1, 0.15) is 18.4 Å². The maximum Gasteiger partial charge on any atom is 0.251 e. The Kier molecular flexibility index (Phi) is 7.61. The number of rotatable bonds is 7. The molecule has 2 amide bonds. The summed E-state index contributed by atoms with van der Waals surface area (Å²) in [7, 11) is 0. The topological polar surface area (TPSA) is 106 Å². The van der Waals surface area contributed by atoms with E-state index in [0.29, 0.717) is 16.8 Å². The molecular weight excluding hydrogens is 485 g/mol. The van der Waals surface area contributed by atoms with Gasteiger partial charge in [-0.15, -0.1) is 10.2 Å². The molecule has 0 fully saturated rings. The smallest absolute Gasteiger partial charge is 0.251 e. The van der Waals surface area contributed by atoms with E-state index < -0.39 is 17.5 Å². The van der Waals surface area contributed by atoms with E-state index in [1.165, 1.54) is 34.0 Å². The van der Waals surface area contributed by atoms with Crippen LogP contribution in [0, 0.1) is 19.7 Å². The summed E-state index contributed by atoms with van der Waals surface area (Å²) in [4.78, 5) is 34.5. The fourth-order valence-corrected chi connectivity index (χ4v) is 4.02. The van der Waals surface area contributed by atoms with E-state index in [1.54, 1.807) is 24.5 Å². The number of pyridine rings is 1. The molecule has 0 aliphatic carbocycles. The number of tetrazole rings is 1. The number of hydrogen-bond donors (Lipinski definition) is 1. The highest BCUT2D eigenvalue weighted by Crippen LogP contribution is 2.32. The summed E-state index contributed by atoms with van der Waals surface area (Å²) in [6, 6.07) is 13.9. The van der Waals surface area contributed by atoms with Gasteiger partial charge >= 0.3 is 0 Å². The second-order valence-electron chi connectivity index (χ2n) is 10.1. The molecule has 196 valence electrons. The van der Waals surface area contributed by atoms with Crippen molar-refractivity contribution in [2.75, 3.05) is 4.90 Å². The predicted octanol–water partition coefficient (Wildman–Crippen LogP) is 4.18. The maximum absolute atomic E-state index is 14.0. The lowest BCUT2D eigenvalue weighted by molar-refractivity contribution is -0.128. The summed E-state index contributed by atoms with van der Waals surface area (Å²) < 4.78 is 13.3. The average molecular weight is 516 g/mol. The van der Waals surface area contributed by atoms with Crippen LogP contribution in [0.3, 0.4) is 0 Å². The molecule has 4 aromatic rings. The van der Waals surface area contributed by atoms with Crippen LogP contribution < -0.4 is 10.2 Å². The molecule has 0 aliphatic heterocycles. The quantitative estimate of drug-likeness (QED) is 0.396. The second kappa shape index (κ2) is 10.9. The van der Waals surface area contributed by atoms with E-state index in [4.69, 9.17) is 0 Å². The minimum atomic E-state index is -0.981. The predicted molar refractivity (Wildman–Crippen MR) is 141 cm³/mol. The minimum Gasteiger partial charge on any atom is -0.349 e. The number of halogens is 1. The van der Waals surface area contributed by atoms with Crippen molar-refractivity contribution in [3.63, 3.8) is 0 Å². The number of benzene rings is 2. The molecule has 0 bridgehead atoms. The zero-order valence-electron chi connectivity index (χ0n) is 22.0. The van der Waals surface area contributed by atoms with Gasteiger partial charge in [-0.3, -0.25) is 19.5 Å². The van der Waals surface area contributed by atoms with Gasteiger partial charge in [0.2, 0.25) is 11.7 Å². The largest absolute Gasteiger partial charge is 0.349 e. The molecule has 2 aromatic carbocycles. The van der Waals surface area contributed by atoms with E-state index >= 15 is 0 Å². The number of aryl methyl sites for hydroxylation is 2. The van der Waals surface area contributed by atoms with Gasteiger partial charge in [-0.25, -0.2) is 4.39 Å². The fourth-order valence-electron chi connectivity index (χ4n) is 4.02. The number of nitrogens with zero attached hydrogens (tertiary/aromatic N) is 6. The summed E-state index contributed by atoms with van der Waals surface area (Å²) >= 11 is 0. The van der Waals surface area contributed by atoms with E-state index in [9.17, 15) is 14.0 Å². The summed E-state index contributed by atoms with van der Waals surface area (Å²) in [5, 5.41) is 15.4. The third-order valence-corrected chi connectivity index (χ3v) is 5.75. The average Bonchev–Trinajstić information content (AvgIpc) is 3.32. The van der Waals surface area contributed by atoms with E-state index in [1.807, 2.05) is 52.8 Å². The molecule has 1 N–H and O–H groups in total. The number of aromatic nitrogens is 5. The Bertz CT molecular complexity index is 1430. The summed E-state index contributed by atoms with van der Waals surface area (Å²) in [5.41, 5.74) is 3.00. The lowest BCUT2D eigenvalue weighted by Gasteiger charge is -2.34. The number of nitrogens with one attached hydrogen (secondary N) is 1. The van der Waals surface area contributed by atoms with Crippen molar-refractivity contribution in [2.45, 2.75) is 52.7 Å². The highest BCUT2D eigenvalue weighted by atomic mass is 19.1. The van der Waals surface area contributed by atoms with Crippen LogP contribution in [-0.4, -0.2) is 42.5 Å².